The van der Waals surface area contributed by atoms with E-state index in [0.717, 1.165) is 6.07 Å². The molecular weight excluding hydrogens is 373 g/mol. The average molecular weight is 390 g/mol. The summed E-state index contributed by atoms with van der Waals surface area (Å²) >= 11 is 5.72. The number of anilines is 3. The minimum atomic E-state index is -0.573. The van der Waals surface area contributed by atoms with Gasteiger partial charge in [-0.05, 0) is 36.4 Å². The molecule has 3 rings (SSSR count). The Labute approximate surface area is 160 Å². The molecule has 1 aliphatic rings. The third kappa shape index (κ3) is 4.43. The molecule has 27 heavy (non-hydrogen) atoms. The zero-order chi connectivity index (χ0) is 19.6. The van der Waals surface area contributed by atoms with E-state index < -0.39 is 11.7 Å². The van der Waals surface area contributed by atoms with E-state index in [1.54, 1.807) is 24.3 Å². The maximum atomic E-state index is 13.2. The van der Waals surface area contributed by atoms with E-state index in [9.17, 15) is 18.8 Å². The number of carbonyl (C=O) groups is 3. The number of rotatable bonds is 4. The number of benzene rings is 2. The van der Waals surface area contributed by atoms with Crippen molar-refractivity contribution in [3.05, 3.63) is 53.3 Å². The van der Waals surface area contributed by atoms with Crippen LogP contribution in [0.2, 0.25) is 5.02 Å². The summed E-state index contributed by atoms with van der Waals surface area (Å²) in [4.78, 5) is 37.5. The van der Waals surface area contributed by atoms with Gasteiger partial charge in [0.15, 0.2) is 0 Å². The second-order valence-electron chi connectivity index (χ2n) is 6.26. The van der Waals surface area contributed by atoms with E-state index in [-0.39, 0.29) is 35.7 Å². The fourth-order valence-corrected chi connectivity index (χ4v) is 3.09. The molecule has 8 heteroatoms. The van der Waals surface area contributed by atoms with Crippen molar-refractivity contribution in [2.24, 2.45) is 5.92 Å². The molecule has 0 bridgehead atoms. The number of hydrogen-bond donors (Lipinski definition) is 2. The van der Waals surface area contributed by atoms with E-state index in [1.165, 1.54) is 24.0 Å². The largest absolute Gasteiger partial charge is 0.326 e. The van der Waals surface area contributed by atoms with Gasteiger partial charge in [0.1, 0.15) is 5.82 Å². The molecule has 0 spiro atoms. The van der Waals surface area contributed by atoms with Gasteiger partial charge >= 0.3 is 0 Å². The fraction of sp³-hybridized carbons (Fsp3) is 0.211. The molecule has 1 atom stereocenters. The predicted molar refractivity (Wildman–Crippen MR) is 101 cm³/mol. The maximum Gasteiger partial charge on any atom is 0.229 e. The second-order valence-corrected chi connectivity index (χ2v) is 6.66. The number of halogens is 2. The Kier molecular flexibility index (Phi) is 5.41. The lowest BCUT2D eigenvalue weighted by Crippen LogP contribution is -2.28. The molecule has 2 N–H and O–H groups in total. The van der Waals surface area contributed by atoms with Crippen molar-refractivity contribution in [1.29, 1.82) is 0 Å². The Balaban J connectivity index is 1.70. The first-order valence-corrected chi connectivity index (χ1v) is 8.65. The highest BCUT2D eigenvalue weighted by molar-refractivity contribution is 6.31. The molecule has 3 amide bonds. The van der Waals surface area contributed by atoms with Crippen LogP contribution in [0.1, 0.15) is 13.3 Å². The van der Waals surface area contributed by atoms with E-state index >= 15 is 0 Å². The molecule has 140 valence electrons. The van der Waals surface area contributed by atoms with Crippen LogP contribution in [0.5, 0.6) is 0 Å². The van der Waals surface area contributed by atoms with Gasteiger partial charge in [-0.1, -0.05) is 17.7 Å². The molecule has 1 fully saturated rings. The highest BCUT2D eigenvalue weighted by Crippen LogP contribution is 2.28. The number of amides is 3. The van der Waals surface area contributed by atoms with Crippen molar-refractivity contribution >= 4 is 46.4 Å². The average Bonchev–Trinajstić information content (AvgIpc) is 3.00. The van der Waals surface area contributed by atoms with Crippen LogP contribution in [0.4, 0.5) is 21.5 Å². The van der Waals surface area contributed by atoms with Gasteiger partial charge in [0.05, 0.1) is 10.9 Å². The molecule has 6 nitrogen and oxygen atoms in total. The molecule has 0 aliphatic carbocycles. The zero-order valence-electron chi connectivity index (χ0n) is 14.5. The molecular formula is C19H17ClFN3O3. The molecule has 1 unspecified atom stereocenters. The van der Waals surface area contributed by atoms with Crippen LogP contribution in [0.3, 0.4) is 0 Å². The standard InChI is InChI=1S/C19H17ClFN3O3/c1-11(25)22-13-3-2-4-15(8-13)24-10-12(7-18(24)26)19(27)23-14-5-6-17(21)16(20)9-14/h2-6,8-9,12H,7,10H2,1H3,(H,22,25)(H,23,27). The summed E-state index contributed by atoms with van der Waals surface area (Å²) in [6, 6.07) is 10.8. The topological polar surface area (TPSA) is 78.5 Å². The SMILES string of the molecule is CC(=O)Nc1cccc(N2CC(C(=O)Nc3ccc(F)c(Cl)c3)CC2=O)c1. The third-order valence-corrected chi connectivity index (χ3v) is 4.45. The second kappa shape index (κ2) is 7.75. The molecule has 0 saturated carbocycles. The van der Waals surface area contributed by atoms with Crippen molar-refractivity contribution in [1.82, 2.24) is 0 Å². The summed E-state index contributed by atoms with van der Waals surface area (Å²) in [6.45, 7) is 1.61. The van der Waals surface area contributed by atoms with Crippen molar-refractivity contribution in [2.45, 2.75) is 13.3 Å². The Morgan fingerprint density at radius 1 is 1.15 bits per heavy atom. The van der Waals surface area contributed by atoms with Gasteiger partial charge in [-0.25, -0.2) is 4.39 Å². The fourth-order valence-electron chi connectivity index (χ4n) is 2.91. The van der Waals surface area contributed by atoms with Gasteiger partial charge in [-0.3, -0.25) is 14.4 Å². The lowest BCUT2D eigenvalue weighted by atomic mass is 10.1. The Bertz CT molecular complexity index is 919. The van der Waals surface area contributed by atoms with Crippen molar-refractivity contribution in [3.8, 4) is 0 Å². The molecule has 1 aliphatic heterocycles. The highest BCUT2D eigenvalue weighted by atomic mass is 35.5. The molecule has 0 aromatic heterocycles. The Morgan fingerprint density at radius 3 is 2.59 bits per heavy atom. The van der Waals surface area contributed by atoms with Crippen molar-refractivity contribution < 1.29 is 18.8 Å². The Morgan fingerprint density at radius 2 is 1.89 bits per heavy atom. The van der Waals surface area contributed by atoms with E-state index in [0.29, 0.717) is 17.1 Å². The first-order valence-electron chi connectivity index (χ1n) is 8.27. The van der Waals surface area contributed by atoms with Gasteiger partial charge in [0.2, 0.25) is 17.7 Å². The lowest BCUT2D eigenvalue weighted by molar-refractivity contribution is -0.122. The first-order chi connectivity index (χ1) is 12.8. The van der Waals surface area contributed by atoms with Crippen LogP contribution in [0.25, 0.3) is 0 Å². The number of hydrogen-bond acceptors (Lipinski definition) is 3. The van der Waals surface area contributed by atoms with E-state index in [4.69, 9.17) is 11.6 Å². The third-order valence-electron chi connectivity index (χ3n) is 4.16. The molecule has 1 saturated heterocycles. The van der Waals surface area contributed by atoms with Gasteiger partial charge in [0, 0.05) is 37.0 Å². The van der Waals surface area contributed by atoms with Crippen LogP contribution in [-0.4, -0.2) is 24.3 Å². The highest BCUT2D eigenvalue weighted by Gasteiger charge is 2.35. The van der Waals surface area contributed by atoms with Crippen LogP contribution in [0.15, 0.2) is 42.5 Å². The monoisotopic (exact) mass is 389 g/mol. The van der Waals surface area contributed by atoms with Crippen LogP contribution in [-0.2, 0) is 14.4 Å². The normalized spacial score (nSPS) is 16.3. The minimum absolute atomic E-state index is 0.0606. The van der Waals surface area contributed by atoms with Crippen LogP contribution >= 0.6 is 11.6 Å². The summed E-state index contributed by atoms with van der Waals surface area (Å²) in [5.41, 5.74) is 1.54. The first kappa shape index (κ1) is 18.8. The summed E-state index contributed by atoms with van der Waals surface area (Å²) in [5.74, 6) is -1.87. The van der Waals surface area contributed by atoms with Crippen molar-refractivity contribution in [3.63, 3.8) is 0 Å². The Hall–Kier alpha value is -2.93. The van der Waals surface area contributed by atoms with Gasteiger partial charge < -0.3 is 15.5 Å². The molecule has 0 radical (unpaired) electrons. The summed E-state index contributed by atoms with van der Waals surface area (Å²) < 4.78 is 13.2. The quantitative estimate of drug-likeness (QED) is 0.840. The van der Waals surface area contributed by atoms with Gasteiger partial charge in [-0.15, -0.1) is 0 Å². The van der Waals surface area contributed by atoms with E-state index in [2.05, 4.69) is 10.6 Å². The summed E-state index contributed by atoms with van der Waals surface area (Å²) in [6.07, 6.45) is 0.0606. The molecule has 1 heterocycles. The molecule has 2 aromatic rings. The van der Waals surface area contributed by atoms with Crippen LogP contribution < -0.4 is 15.5 Å². The number of carbonyl (C=O) groups excluding carboxylic acids is 3. The number of nitrogens with zero attached hydrogens (tertiary/aromatic N) is 1. The van der Waals surface area contributed by atoms with E-state index in [1.807, 2.05) is 0 Å². The zero-order valence-corrected chi connectivity index (χ0v) is 15.2. The molecule has 2 aromatic carbocycles. The van der Waals surface area contributed by atoms with Gasteiger partial charge in [-0.2, -0.15) is 0 Å². The van der Waals surface area contributed by atoms with Crippen LogP contribution in [0, 0.1) is 11.7 Å². The summed E-state index contributed by atoms with van der Waals surface area (Å²) in [7, 11) is 0. The maximum absolute atomic E-state index is 13.2. The summed E-state index contributed by atoms with van der Waals surface area (Å²) in [5, 5.41) is 5.23. The van der Waals surface area contributed by atoms with Gasteiger partial charge in [0.25, 0.3) is 0 Å². The predicted octanol–water partition coefficient (Wildman–Crippen LogP) is 3.43. The smallest absolute Gasteiger partial charge is 0.229 e. The van der Waals surface area contributed by atoms with Crippen molar-refractivity contribution in [2.75, 3.05) is 22.1 Å². The lowest BCUT2D eigenvalue weighted by Gasteiger charge is -2.18. The number of nitrogens with one attached hydrogen (secondary N) is 2. The minimum Gasteiger partial charge on any atom is -0.326 e.